The monoisotopic (exact) mass is 308 g/mol. The van der Waals surface area contributed by atoms with Crippen molar-refractivity contribution >= 4 is 11.3 Å². The Labute approximate surface area is 134 Å². The third-order valence-corrected chi connectivity index (χ3v) is 5.48. The van der Waals surface area contributed by atoms with E-state index in [4.69, 9.17) is 0 Å². The fraction of sp³-hybridized carbons (Fsp3) is 0.778. The van der Waals surface area contributed by atoms with E-state index in [1.165, 1.54) is 48.5 Å². The molecular weight excluding hydrogens is 276 g/mol. The van der Waals surface area contributed by atoms with Crippen LogP contribution < -0.4 is 5.32 Å². The van der Waals surface area contributed by atoms with E-state index in [0.29, 0.717) is 0 Å². The molecule has 1 unspecified atom stereocenters. The van der Waals surface area contributed by atoms with Gasteiger partial charge in [0.15, 0.2) is 0 Å². The minimum atomic E-state index is 0.199. The van der Waals surface area contributed by atoms with Gasteiger partial charge in [-0.3, -0.25) is 4.90 Å². The molecular formula is C18H32N2S. The number of likely N-dealkylation sites (tertiary alicyclic amines) is 1. The Hall–Kier alpha value is -0.380. The highest BCUT2D eigenvalue weighted by atomic mass is 32.1. The van der Waals surface area contributed by atoms with Gasteiger partial charge in [0, 0.05) is 28.4 Å². The molecule has 2 heterocycles. The van der Waals surface area contributed by atoms with Crippen molar-refractivity contribution in [1.29, 1.82) is 0 Å². The molecule has 1 aromatic rings. The van der Waals surface area contributed by atoms with Gasteiger partial charge in [0.25, 0.3) is 0 Å². The molecule has 1 saturated heterocycles. The Bertz CT molecular complexity index is 419. The van der Waals surface area contributed by atoms with E-state index in [1.807, 2.05) is 11.3 Å². The fourth-order valence-electron chi connectivity index (χ4n) is 2.97. The Morgan fingerprint density at radius 1 is 1.19 bits per heavy atom. The van der Waals surface area contributed by atoms with Gasteiger partial charge in [0.05, 0.1) is 0 Å². The molecule has 0 saturated carbocycles. The standard InChI is InChI=1S/C18H32N2S/c1-5-15-7-6-11-20(12-10-15)14-17-9-8-16(21-17)13-19-18(2,3)4/h8-9,15,19H,5-7,10-14H2,1-4H3. The third kappa shape index (κ3) is 6.09. The van der Waals surface area contributed by atoms with Crippen LogP contribution in [0.15, 0.2) is 12.1 Å². The molecule has 1 fully saturated rings. The average Bonchev–Trinajstić information content (AvgIpc) is 2.74. The summed E-state index contributed by atoms with van der Waals surface area (Å²) in [5.74, 6) is 0.963. The van der Waals surface area contributed by atoms with Crippen LogP contribution in [0.2, 0.25) is 0 Å². The van der Waals surface area contributed by atoms with Crippen molar-refractivity contribution in [2.24, 2.45) is 5.92 Å². The zero-order chi connectivity index (χ0) is 15.3. The first kappa shape index (κ1) is 17.0. The summed E-state index contributed by atoms with van der Waals surface area (Å²) in [6.45, 7) is 13.7. The Balaban J connectivity index is 1.82. The molecule has 1 aliphatic rings. The van der Waals surface area contributed by atoms with Gasteiger partial charge in [-0.1, -0.05) is 13.3 Å². The van der Waals surface area contributed by atoms with E-state index in [-0.39, 0.29) is 5.54 Å². The highest BCUT2D eigenvalue weighted by Crippen LogP contribution is 2.24. The highest BCUT2D eigenvalue weighted by Gasteiger charge is 2.16. The molecule has 3 heteroatoms. The summed E-state index contributed by atoms with van der Waals surface area (Å²) in [6.07, 6.45) is 5.55. The van der Waals surface area contributed by atoms with Crippen LogP contribution in [0.5, 0.6) is 0 Å². The van der Waals surface area contributed by atoms with Crippen molar-refractivity contribution in [2.75, 3.05) is 13.1 Å². The lowest BCUT2D eigenvalue weighted by Gasteiger charge is -2.20. The van der Waals surface area contributed by atoms with Gasteiger partial charge in [-0.25, -0.2) is 0 Å². The molecule has 2 nitrogen and oxygen atoms in total. The lowest BCUT2D eigenvalue weighted by atomic mass is 9.98. The van der Waals surface area contributed by atoms with Crippen LogP contribution in [0.4, 0.5) is 0 Å². The Kier molecular flexibility index (Phi) is 6.27. The van der Waals surface area contributed by atoms with Gasteiger partial charge in [-0.05, 0) is 71.2 Å². The first-order chi connectivity index (χ1) is 9.96. The predicted molar refractivity (Wildman–Crippen MR) is 93.8 cm³/mol. The fourth-order valence-corrected chi connectivity index (χ4v) is 3.97. The van der Waals surface area contributed by atoms with Crippen LogP contribution in [-0.4, -0.2) is 23.5 Å². The molecule has 2 rings (SSSR count). The molecule has 0 aliphatic carbocycles. The molecule has 0 radical (unpaired) electrons. The van der Waals surface area contributed by atoms with Crippen molar-refractivity contribution in [3.63, 3.8) is 0 Å². The quantitative estimate of drug-likeness (QED) is 0.852. The molecule has 0 aromatic carbocycles. The van der Waals surface area contributed by atoms with Crippen molar-refractivity contribution in [1.82, 2.24) is 10.2 Å². The van der Waals surface area contributed by atoms with Gasteiger partial charge < -0.3 is 5.32 Å². The summed E-state index contributed by atoms with van der Waals surface area (Å²) >= 11 is 1.98. The summed E-state index contributed by atoms with van der Waals surface area (Å²) in [5, 5.41) is 3.58. The Morgan fingerprint density at radius 3 is 2.67 bits per heavy atom. The largest absolute Gasteiger partial charge is 0.307 e. The summed E-state index contributed by atoms with van der Waals surface area (Å²) in [4.78, 5) is 5.64. The van der Waals surface area contributed by atoms with Crippen LogP contribution in [0.25, 0.3) is 0 Å². The molecule has 0 spiro atoms. The Morgan fingerprint density at radius 2 is 1.95 bits per heavy atom. The predicted octanol–water partition coefficient (Wildman–Crippen LogP) is 4.65. The van der Waals surface area contributed by atoms with Gasteiger partial charge in [-0.2, -0.15) is 0 Å². The second kappa shape index (κ2) is 7.75. The molecule has 120 valence electrons. The summed E-state index contributed by atoms with van der Waals surface area (Å²) in [5.41, 5.74) is 0.199. The van der Waals surface area contributed by atoms with E-state index in [1.54, 1.807) is 0 Å². The van der Waals surface area contributed by atoms with Crippen LogP contribution in [0.3, 0.4) is 0 Å². The number of rotatable bonds is 5. The van der Waals surface area contributed by atoms with E-state index in [9.17, 15) is 0 Å². The summed E-state index contributed by atoms with van der Waals surface area (Å²) in [7, 11) is 0. The number of nitrogens with zero attached hydrogens (tertiary/aromatic N) is 1. The first-order valence-electron chi connectivity index (χ1n) is 8.51. The van der Waals surface area contributed by atoms with E-state index < -0.39 is 0 Å². The zero-order valence-corrected chi connectivity index (χ0v) is 15.1. The molecule has 1 atom stereocenters. The molecule has 1 N–H and O–H groups in total. The second-order valence-corrected chi connectivity index (χ2v) is 8.71. The average molecular weight is 309 g/mol. The number of hydrogen-bond donors (Lipinski definition) is 1. The maximum absolute atomic E-state index is 3.58. The van der Waals surface area contributed by atoms with Crippen molar-refractivity contribution in [3.8, 4) is 0 Å². The van der Waals surface area contributed by atoms with Crippen LogP contribution in [0, 0.1) is 5.92 Å². The maximum atomic E-state index is 3.58. The molecule has 1 aliphatic heterocycles. The lowest BCUT2D eigenvalue weighted by molar-refractivity contribution is 0.274. The molecule has 1 aromatic heterocycles. The topological polar surface area (TPSA) is 15.3 Å². The smallest absolute Gasteiger partial charge is 0.0328 e. The number of hydrogen-bond acceptors (Lipinski definition) is 3. The van der Waals surface area contributed by atoms with Crippen LogP contribution in [0.1, 0.15) is 63.1 Å². The molecule has 0 bridgehead atoms. The second-order valence-electron chi connectivity index (χ2n) is 7.45. The highest BCUT2D eigenvalue weighted by molar-refractivity contribution is 7.11. The summed E-state index contributed by atoms with van der Waals surface area (Å²) < 4.78 is 0. The molecule has 21 heavy (non-hydrogen) atoms. The maximum Gasteiger partial charge on any atom is 0.0328 e. The van der Waals surface area contributed by atoms with Crippen LogP contribution >= 0.6 is 11.3 Å². The van der Waals surface area contributed by atoms with Crippen molar-refractivity contribution in [2.45, 2.75) is 72.0 Å². The first-order valence-corrected chi connectivity index (χ1v) is 9.33. The van der Waals surface area contributed by atoms with Gasteiger partial charge in [-0.15, -0.1) is 11.3 Å². The normalized spacial score (nSPS) is 21.4. The van der Waals surface area contributed by atoms with E-state index >= 15 is 0 Å². The number of thiophene rings is 1. The SMILES string of the molecule is CCC1CCCN(Cc2ccc(CNC(C)(C)C)s2)CC1. The van der Waals surface area contributed by atoms with Crippen molar-refractivity contribution < 1.29 is 0 Å². The van der Waals surface area contributed by atoms with Gasteiger partial charge in [0.2, 0.25) is 0 Å². The minimum absolute atomic E-state index is 0.199. The summed E-state index contributed by atoms with van der Waals surface area (Å²) in [6, 6.07) is 4.62. The molecule has 0 amide bonds. The third-order valence-electron chi connectivity index (χ3n) is 4.41. The van der Waals surface area contributed by atoms with Crippen molar-refractivity contribution in [3.05, 3.63) is 21.9 Å². The van der Waals surface area contributed by atoms with Gasteiger partial charge >= 0.3 is 0 Å². The lowest BCUT2D eigenvalue weighted by Crippen LogP contribution is -2.34. The number of nitrogens with one attached hydrogen (secondary N) is 1. The van der Waals surface area contributed by atoms with Crippen LogP contribution in [-0.2, 0) is 13.1 Å². The van der Waals surface area contributed by atoms with E-state index in [2.05, 4.69) is 50.0 Å². The zero-order valence-electron chi connectivity index (χ0n) is 14.2. The van der Waals surface area contributed by atoms with E-state index in [0.717, 1.165) is 19.0 Å². The minimum Gasteiger partial charge on any atom is -0.307 e. The van der Waals surface area contributed by atoms with Gasteiger partial charge in [0.1, 0.15) is 0 Å².